The van der Waals surface area contributed by atoms with Gasteiger partial charge >= 0.3 is 0 Å². The van der Waals surface area contributed by atoms with Crippen molar-refractivity contribution in [2.75, 3.05) is 11.0 Å². The molecule has 2 heterocycles. The van der Waals surface area contributed by atoms with Gasteiger partial charge in [-0.1, -0.05) is 12.5 Å². The number of carbonyl (C=O) groups is 1. The maximum absolute atomic E-state index is 12.1. The Hall–Kier alpha value is -0.650. The Bertz CT molecular complexity index is 409. The number of pyridine rings is 1. The number of nitrogens with one attached hydrogen (secondary N) is 1. The van der Waals surface area contributed by atoms with E-state index in [1.165, 1.54) is 0 Å². The molecule has 1 aliphatic rings. The summed E-state index contributed by atoms with van der Waals surface area (Å²) in [5.74, 6) is 0.301. The van der Waals surface area contributed by atoms with Gasteiger partial charge in [0.15, 0.2) is 5.82 Å². The quantitative estimate of drug-likeness (QED) is 0.673. The summed E-state index contributed by atoms with van der Waals surface area (Å²) >= 11 is 9.27. The summed E-state index contributed by atoms with van der Waals surface area (Å²) in [6.45, 7) is 0.868. The molecule has 1 amide bonds. The third-order valence-electron chi connectivity index (χ3n) is 2.70. The van der Waals surface area contributed by atoms with Gasteiger partial charge in [-0.05, 0) is 47.4 Å². The predicted octanol–water partition coefficient (Wildman–Crippen LogP) is 2.47. The third kappa shape index (κ3) is 3.18. The number of hydrogen-bond acceptors (Lipinski definition) is 3. The second-order valence-electron chi connectivity index (χ2n) is 3.94. The van der Waals surface area contributed by atoms with Gasteiger partial charge in [-0.15, -0.1) is 0 Å². The number of carbonyl (C=O) groups excluding carboxylic acids is 1. The van der Waals surface area contributed by atoms with Gasteiger partial charge in [0.25, 0.3) is 5.91 Å². The Morgan fingerprint density at radius 2 is 2.35 bits per heavy atom. The number of piperidine rings is 1. The van der Waals surface area contributed by atoms with Crippen LogP contribution in [0.4, 0.5) is 5.82 Å². The average molecular weight is 319 g/mol. The van der Waals surface area contributed by atoms with Gasteiger partial charge in [0, 0.05) is 11.8 Å². The molecule has 1 fully saturated rings. The highest BCUT2D eigenvalue weighted by Crippen LogP contribution is 2.19. The first-order valence-electron chi connectivity index (χ1n) is 5.54. The molecule has 0 spiro atoms. The molecule has 6 heteroatoms. The highest BCUT2D eigenvalue weighted by atomic mass is 79.9. The highest BCUT2D eigenvalue weighted by Gasteiger charge is 2.26. The van der Waals surface area contributed by atoms with E-state index < -0.39 is 0 Å². The van der Waals surface area contributed by atoms with Gasteiger partial charge in [0.1, 0.15) is 4.60 Å². The van der Waals surface area contributed by atoms with E-state index in [4.69, 9.17) is 11.8 Å². The summed E-state index contributed by atoms with van der Waals surface area (Å²) < 4.78 is 1.75. The monoisotopic (exact) mass is 317 g/mol. The van der Waals surface area contributed by atoms with E-state index in [0.717, 1.165) is 30.2 Å². The zero-order valence-corrected chi connectivity index (χ0v) is 11.5. The predicted molar refractivity (Wildman–Crippen MR) is 70.9 cm³/mol. The fourth-order valence-electron chi connectivity index (χ4n) is 1.82. The van der Waals surface area contributed by atoms with Gasteiger partial charge in [-0.3, -0.25) is 4.79 Å². The van der Waals surface area contributed by atoms with Crippen molar-refractivity contribution in [3.63, 3.8) is 0 Å². The molecule has 0 aromatic carbocycles. The molecule has 1 aromatic rings. The highest BCUT2D eigenvalue weighted by molar-refractivity contribution is 9.10. The first-order chi connectivity index (χ1) is 8.18. The average Bonchev–Trinajstić information content (AvgIpc) is 2.38. The van der Waals surface area contributed by atoms with E-state index >= 15 is 0 Å². The molecule has 2 rings (SSSR count). The van der Waals surface area contributed by atoms with E-state index in [1.807, 2.05) is 0 Å². The number of amides is 1. The number of halogens is 2. The number of hydrogen-bond donors (Lipinski definition) is 1. The van der Waals surface area contributed by atoms with Crippen LogP contribution in [-0.4, -0.2) is 23.5 Å². The molecule has 1 saturated heterocycles. The Labute approximate surface area is 114 Å². The molecule has 0 radical (unpaired) electrons. The third-order valence-corrected chi connectivity index (χ3v) is 3.48. The van der Waals surface area contributed by atoms with Crippen molar-refractivity contribution in [1.82, 2.24) is 10.3 Å². The summed E-state index contributed by atoms with van der Waals surface area (Å²) in [4.78, 5) is 16.2. The molecule has 1 unspecified atom stereocenters. The Morgan fingerprint density at radius 1 is 1.53 bits per heavy atom. The fraction of sp³-hybridized carbons (Fsp3) is 0.455. The van der Waals surface area contributed by atoms with E-state index in [2.05, 4.69) is 26.2 Å². The summed E-state index contributed by atoms with van der Waals surface area (Å²) in [5, 5.41) is 3.17. The summed E-state index contributed by atoms with van der Waals surface area (Å²) in [6, 6.07) is 5.10. The minimum Gasteiger partial charge on any atom is -0.306 e. The maximum Gasteiger partial charge on any atom is 0.260 e. The van der Waals surface area contributed by atoms with Gasteiger partial charge in [-0.2, -0.15) is 0 Å². The van der Waals surface area contributed by atoms with Crippen LogP contribution in [0.25, 0.3) is 0 Å². The van der Waals surface area contributed by atoms with Crippen molar-refractivity contribution >= 4 is 39.4 Å². The van der Waals surface area contributed by atoms with Crippen LogP contribution in [0.3, 0.4) is 0 Å². The van der Waals surface area contributed by atoms with E-state index in [0.29, 0.717) is 10.4 Å². The van der Waals surface area contributed by atoms with Gasteiger partial charge in [-0.25, -0.2) is 9.40 Å². The zero-order chi connectivity index (χ0) is 12.3. The molecule has 4 nitrogen and oxygen atoms in total. The van der Waals surface area contributed by atoms with Crippen LogP contribution in [0.5, 0.6) is 0 Å². The Kier molecular flexibility index (Phi) is 4.36. The lowest BCUT2D eigenvalue weighted by atomic mass is 10.0. The Balaban J connectivity index is 2.08. The van der Waals surface area contributed by atoms with Crippen molar-refractivity contribution in [3.8, 4) is 0 Å². The summed E-state index contributed by atoms with van der Waals surface area (Å²) in [7, 11) is 0. The molecule has 1 aromatic heterocycles. The Morgan fingerprint density at radius 3 is 3.00 bits per heavy atom. The minimum absolute atomic E-state index is 0.142. The van der Waals surface area contributed by atoms with Gasteiger partial charge in [0.05, 0.1) is 6.04 Å². The van der Waals surface area contributed by atoms with E-state index in [9.17, 15) is 4.79 Å². The topological polar surface area (TPSA) is 45.2 Å². The zero-order valence-electron chi connectivity index (χ0n) is 9.20. The smallest absolute Gasteiger partial charge is 0.260 e. The SMILES string of the molecule is O=C(C1CCCCN1)N(Cl)c1cccc(Br)n1. The lowest BCUT2D eigenvalue weighted by Gasteiger charge is -2.25. The second kappa shape index (κ2) is 5.80. The van der Waals surface area contributed by atoms with Crippen molar-refractivity contribution in [1.29, 1.82) is 0 Å². The molecule has 1 atom stereocenters. The van der Waals surface area contributed by atoms with E-state index in [1.54, 1.807) is 18.2 Å². The number of nitrogens with zero attached hydrogens (tertiary/aromatic N) is 2. The molecule has 0 bridgehead atoms. The van der Waals surface area contributed by atoms with Crippen LogP contribution in [0.2, 0.25) is 0 Å². The summed E-state index contributed by atoms with van der Waals surface area (Å²) in [6.07, 6.45) is 3.00. The molecule has 1 N–H and O–H groups in total. The molecule has 1 aliphatic heterocycles. The van der Waals surface area contributed by atoms with Crippen molar-refractivity contribution in [2.45, 2.75) is 25.3 Å². The normalized spacial score (nSPS) is 20.0. The number of anilines is 1. The molecular formula is C11H13BrClN3O. The molecule has 0 aliphatic carbocycles. The fourth-order valence-corrected chi connectivity index (χ4v) is 2.37. The van der Waals surface area contributed by atoms with Crippen molar-refractivity contribution in [2.24, 2.45) is 0 Å². The lowest BCUT2D eigenvalue weighted by molar-refractivity contribution is -0.120. The molecule has 17 heavy (non-hydrogen) atoms. The first kappa shape index (κ1) is 12.8. The number of rotatable bonds is 2. The second-order valence-corrected chi connectivity index (χ2v) is 5.09. The van der Waals surface area contributed by atoms with Crippen LogP contribution < -0.4 is 9.74 Å². The summed E-state index contributed by atoms with van der Waals surface area (Å²) in [5.41, 5.74) is 0. The minimum atomic E-state index is -0.193. The van der Waals surface area contributed by atoms with Gasteiger partial charge in [0.2, 0.25) is 0 Å². The van der Waals surface area contributed by atoms with Crippen LogP contribution >= 0.6 is 27.7 Å². The molecule has 0 saturated carbocycles. The van der Waals surface area contributed by atoms with Crippen LogP contribution in [0.15, 0.2) is 22.8 Å². The number of aromatic nitrogens is 1. The standard InChI is InChI=1S/C11H13BrClN3O/c12-9-5-3-6-10(15-9)16(13)11(17)8-4-1-2-7-14-8/h3,5-6,8,14H,1-2,4,7H2. The van der Waals surface area contributed by atoms with E-state index in [-0.39, 0.29) is 11.9 Å². The molecular weight excluding hydrogens is 305 g/mol. The maximum atomic E-state index is 12.1. The largest absolute Gasteiger partial charge is 0.306 e. The van der Waals surface area contributed by atoms with Crippen LogP contribution in [0.1, 0.15) is 19.3 Å². The van der Waals surface area contributed by atoms with Crippen molar-refractivity contribution < 1.29 is 4.79 Å². The van der Waals surface area contributed by atoms with Crippen LogP contribution in [0, 0.1) is 0 Å². The van der Waals surface area contributed by atoms with Crippen molar-refractivity contribution in [3.05, 3.63) is 22.8 Å². The van der Waals surface area contributed by atoms with Crippen LogP contribution in [-0.2, 0) is 4.79 Å². The molecule has 92 valence electrons. The first-order valence-corrected chi connectivity index (χ1v) is 6.67. The lowest BCUT2D eigenvalue weighted by Crippen LogP contribution is -2.46. The van der Waals surface area contributed by atoms with Gasteiger partial charge < -0.3 is 5.32 Å².